The number of hydrogen-bond acceptors (Lipinski definition) is 3. The van der Waals surface area contributed by atoms with Crippen LogP contribution in [0.25, 0.3) is 0 Å². The first-order chi connectivity index (χ1) is 11.2. The Bertz CT molecular complexity index is 656. The molecule has 2 rings (SSSR count). The first-order valence-corrected chi connectivity index (χ1v) is 7.11. The maximum Gasteiger partial charge on any atom is 0.191 e. The Balaban J connectivity index is 0.00000288. The van der Waals surface area contributed by atoms with Crippen LogP contribution < -0.4 is 15.4 Å². The van der Waals surface area contributed by atoms with E-state index >= 15 is 0 Å². The van der Waals surface area contributed by atoms with Gasteiger partial charge in [-0.05, 0) is 24.3 Å². The lowest BCUT2D eigenvalue weighted by atomic mass is 10.3. The smallest absolute Gasteiger partial charge is 0.191 e. The van der Waals surface area contributed by atoms with E-state index in [0.717, 1.165) is 17.8 Å². The highest BCUT2D eigenvalue weighted by Crippen LogP contribution is 2.17. The summed E-state index contributed by atoms with van der Waals surface area (Å²) in [6.07, 6.45) is 1.72. The largest absolute Gasteiger partial charge is 0.489 e. The van der Waals surface area contributed by atoms with Crippen molar-refractivity contribution >= 4 is 29.9 Å². The van der Waals surface area contributed by atoms with Crippen LogP contribution in [0.1, 0.15) is 5.69 Å². The number of ether oxygens (including phenoxy) is 1. The number of guanidine groups is 1. The number of nitrogens with one attached hydrogen (secondary N) is 2. The molecule has 0 saturated heterocycles. The van der Waals surface area contributed by atoms with E-state index in [1.807, 2.05) is 18.2 Å². The Kier molecular flexibility index (Phi) is 8.98. The molecule has 0 bridgehead atoms. The lowest BCUT2D eigenvalue weighted by Gasteiger charge is -2.12. The Hall–Kier alpha value is -1.97. The van der Waals surface area contributed by atoms with Gasteiger partial charge in [-0.3, -0.25) is 9.98 Å². The fraction of sp³-hybridized carbons (Fsp3) is 0.250. The number of pyridine rings is 1. The van der Waals surface area contributed by atoms with Crippen LogP contribution in [0.3, 0.4) is 0 Å². The van der Waals surface area contributed by atoms with Crippen molar-refractivity contribution in [3.05, 3.63) is 59.9 Å². The van der Waals surface area contributed by atoms with Gasteiger partial charge in [0.1, 0.15) is 12.4 Å². The molecule has 5 nitrogen and oxygen atoms in total. The van der Waals surface area contributed by atoms with Gasteiger partial charge in [-0.1, -0.05) is 6.07 Å². The number of nitrogens with zero attached hydrogens (tertiary/aromatic N) is 2. The van der Waals surface area contributed by atoms with Crippen molar-refractivity contribution in [2.45, 2.75) is 6.54 Å². The van der Waals surface area contributed by atoms with Crippen molar-refractivity contribution in [3.8, 4) is 5.75 Å². The summed E-state index contributed by atoms with van der Waals surface area (Å²) in [6.45, 7) is 1.17. The summed E-state index contributed by atoms with van der Waals surface area (Å²) in [5, 5.41) is 6.13. The highest BCUT2D eigenvalue weighted by Gasteiger charge is 2.04. The van der Waals surface area contributed by atoms with Crippen molar-refractivity contribution in [1.82, 2.24) is 15.6 Å². The first kappa shape index (κ1) is 20.1. The highest BCUT2D eigenvalue weighted by molar-refractivity contribution is 14.0. The van der Waals surface area contributed by atoms with Gasteiger partial charge in [0.05, 0.1) is 18.8 Å². The van der Waals surface area contributed by atoms with Crippen molar-refractivity contribution in [1.29, 1.82) is 0 Å². The van der Waals surface area contributed by atoms with Gasteiger partial charge in [0, 0.05) is 19.3 Å². The summed E-state index contributed by atoms with van der Waals surface area (Å²) in [6, 6.07) is 8.86. The van der Waals surface area contributed by atoms with Crippen molar-refractivity contribution in [2.75, 3.05) is 20.2 Å². The van der Waals surface area contributed by atoms with E-state index in [1.165, 1.54) is 6.07 Å². The molecule has 0 radical (unpaired) electrons. The Morgan fingerprint density at radius 3 is 2.71 bits per heavy atom. The van der Waals surface area contributed by atoms with Crippen LogP contribution in [-0.4, -0.2) is 31.1 Å². The molecule has 0 aliphatic carbocycles. The van der Waals surface area contributed by atoms with Crippen LogP contribution in [0.5, 0.6) is 5.75 Å². The molecule has 1 aromatic carbocycles. The topological polar surface area (TPSA) is 58.5 Å². The van der Waals surface area contributed by atoms with E-state index in [-0.39, 0.29) is 36.3 Å². The third-order valence-electron chi connectivity index (χ3n) is 2.93. The van der Waals surface area contributed by atoms with Crippen LogP contribution in [-0.2, 0) is 6.54 Å². The van der Waals surface area contributed by atoms with Crippen LogP contribution >= 0.6 is 24.0 Å². The summed E-state index contributed by atoms with van der Waals surface area (Å²) in [5.74, 6) is -0.752. The molecule has 1 aromatic heterocycles. The molecule has 0 aliphatic rings. The van der Waals surface area contributed by atoms with Crippen molar-refractivity contribution in [2.24, 2.45) is 4.99 Å². The molecule has 0 aliphatic heterocycles. The second kappa shape index (κ2) is 10.7. The van der Waals surface area contributed by atoms with Crippen LogP contribution in [0.2, 0.25) is 0 Å². The third kappa shape index (κ3) is 6.65. The molecule has 8 heteroatoms. The SMILES string of the molecule is CN=C(NCCOc1ccc(F)cc1F)NCc1ccccn1.I. The molecular formula is C16H19F2IN4O. The molecule has 1 heterocycles. The third-order valence-corrected chi connectivity index (χ3v) is 2.93. The first-order valence-electron chi connectivity index (χ1n) is 7.11. The molecule has 0 atom stereocenters. The van der Waals surface area contributed by atoms with E-state index in [1.54, 1.807) is 13.2 Å². The van der Waals surface area contributed by atoms with Crippen molar-refractivity contribution < 1.29 is 13.5 Å². The average molecular weight is 448 g/mol. The molecule has 2 N–H and O–H groups in total. The van der Waals surface area contributed by atoms with Gasteiger partial charge in [0.2, 0.25) is 0 Å². The Labute approximate surface area is 156 Å². The van der Waals surface area contributed by atoms with E-state index in [4.69, 9.17) is 4.74 Å². The zero-order valence-electron chi connectivity index (χ0n) is 13.1. The maximum absolute atomic E-state index is 13.4. The molecule has 0 fully saturated rings. The van der Waals surface area contributed by atoms with Gasteiger partial charge in [-0.25, -0.2) is 8.78 Å². The monoisotopic (exact) mass is 448 g/mol. The number of rotatable bonds is 6. The number of benzene rings is 1. The summed E-state index contributed by atoms with van der Waals surface area (Å²) in [5.41, 5.74) is 0.889. The predicted molar refractivity (Wildman–Crippen MR) is 99.7 cm³/mol. The Morgan fingerprint density at radius 1 is 1.21 bits per heavy atom. The van der Waals surface area contributed by atoms with Gasteiger partial charge in [0.15, 0.2) is 17.5 Å². The second-order valence-corrected chi connectivity index (χ2v) is 4.60. The van der Waals surface area contributed by atoms with Crippen molar-refractivity contribution in [3.63, 3.8) is 0 Å². The number of aliphatic imine (C=N–C) groups is 1. The fourth-order valence-corrected chi connectivity index (χ4v) is 1.82. The fourth-order valence-electron chi connectivity index (χ4n) is 1.82. The zero-order chi connectivity index (χ0) is 16.5. The van der Waals surface area contributed by atoms with Crippen LogP contribution in [0.15, 0.2) is 47.6 Å². The van der Waals surface area contributed by atoms with Crippen LogP contribution in [0.4, 0.5) is 8.78 Å². The normalized spacial score (nSPS) is 10.7. The summed E-state index contributed by atoms with van der Waals surface area (Å²) in [7, 11) is 1.65. The second-order valence-electron chi connectivity index (χ2n) is 4.60. The van der Waals surface area contributed by atoms with Crippen LogP contribution in [0, 0.1) is 11.6 Å². The predicted octanol–water partition coefficient (Wildman–Crippen LogP) is 2.72. The van der Waals surface area contributed by atoms with Gasteiger partial charge in [-0.2, -0.15) is 0 Å². The molecule has 0 saturated carbocycles. The number of aromatic nitrogens is 1. The molecule has 130 valence electrons. The molecular weight excluding hydrogens is 429 g/mol. The van der Waals surface area contributed by atoms with Gasteiger partial charge in [0.25, 0.3) is 0 Å². The van der Waals surface area contributed by atoms with E-state index in [2.05, 4.69) is 20.6 Å². The standard InChI is InChI=1S/C16H18F2N4O.HI/c1-19-16(22-11-13-4-2-3-7-20-13)21-8-9-23-15-6-5-12(17)10-14(15)18;/h2-7,10H,8-9,11H2,1H3,(H2,19,21,22);1H. The minimum Gasteiger partial charge on any atom is -0.489 e. The summed E-state index contributed by atoms with van der Waals surface area (Å²) in [4.78, 5) is 8.26. The molecule has 0 unspecified atom stereocenters. The minimum atomic E-state index is -0.720. The number of hydrogen-bond donors (Lipinski definition) is 2. The lowest BCUT2D eigenvalue weighted by Crippen LogP contribution is -2.39. The molecule has 0 spiro atoms. The van der Waals surface area contributed by atoms with Gasteiger partial charge < -0.3 is 15.4 Å². The maximum atomic E-state index is 13.4. The molecule has 0 amide bonds. The molecule has 2 aromatic rings. The van der Waals surface area contributed by atoms with E-state index in [0.29, 0.717) is 19.0 Å². The molecule has 24 heavy (non-hydrogen) atoms. The minimum absolute atomic E-state index is 0. The van der Waals surface area contributed by atoms with Gasteiger partial charge in [-0.15, -0.1) is 24.0 Å². The number of halogens is 3. The summed E-state index contributed by atoms with van der Waals surface area (Å²) < 4.78 is 31.4. The summed E-state index contributed by atoms with van der Waals surface area (Å²) >= 11 is 0. The van der Waals surface area contributed by atoms with E-state index in [9.17, 15) is 8.78 Å². The zero-order valence-corrected chi connectivity index (χ0v) is 15.5. The highest BCUT2D eigenvalue weighted by atomic mass is 127. The quantitative estimate of drug-likeness (QED) is 0.309. The van der Waals surface area contributed by atoms with Gasteiger partial charge >= 0.3 is 0 Å². The lowest BCUT2D eigenvalue weighted by molar-refractivity contribution is 0.304. The van der Waals surface area contributed by atoms with E-state index < -0.39 is 11.6 Å². The average Bonchev–Trinajstić information content (AvgIpc) is 2.57. The Morgan fingerprint density at radius 2 is 2.04 bits per heavy atom.